The number of alkyl carbamates (subject to hydrolysis) is 1. The summed E-state index contributed by atoms with van der Waals surface area (Å²) in [6.45, 7) is 2.68. The van der Waals surface area contributed by atoms with Crippen LogP contribution in [0.4, 0.5) is 4.79 Å². The van der Waals surface area contributed by atoms with Crippen LogP contribution >= 0.6 is 11.6 Å². The zero-order valence-electron chi connectivity index (χ0n) is 13.7. The van der Waals surface area contributed by atoms with Crippen molar-refractivity contribution < 1.29 is 14.3 Å². The minimum atomic E-state index is -0.687. The molecule has 0 bridgehead atoms. The minimum absolute atomic E-state index is 0.343. The van der Waals surface area contributed by atoms with Crippen molar-refractivity contribution in [3.8, 4) is 0 Å². The van der Waals surface area contributed by atoms with Gasteiger partial charge in [0, 0.05) is 22.5 Å². The molecule has 130 valence electrons. The molecular weight excluding hydrogens is 328 g/mol. The van der Waals surface area contributed by atoms with Gasteiger partial charge < -0.3 is 4.74 Å². The van der Waals surface area contributed by atoms with Crippen LogP contribution in [0.15, 0.2) is 24.3 Å². The third-order valence-corrected chi connectivity index (χ3v) is 5.19. The first kappa shape index (κ1) is 17.2. The van der Waals surface area contributed by atoms with Gasteiger partial charge in [-0.2, -0.15) is 0 Å². The van der Waals surface area contributed by atoms with Crippen molar-refractivity contribution in [1.29, 1.82) is 0 Å². The molecule has 1 unspecified atom stereocenters. The first-order valence-corrected chi connectivity index (χ1v) is 8.99. The van der Waals surface area contributed by atoms with Crippen molar-refractivity contribution in [3.63, 3.8) is 0 Å². The van der Waals surface area contributed by atoms with Gasteiger partial charge in [-0.25, -0.2) is 4.79 Å². The number of carbonyl (C=O) groups excluding carboxylic acids is 2. The number of imide groups is 1. The maximum absolute atomic E-state index is 12.0. The van der Waals surface area contributed by atoms with Gasteiger partial charge in [-0.1, -0.05) is 24.1 Å². The normalized spacial score (nSPS) is 24.0. The number of nitrogens with zero attached hydrogens (tertiary/aromatic N) is 1. The van der Waals surface area contributed by atoms with E-state index < -0.39 is 12.0 Å². The van der Waals surface area contributed by atoms with E-state index in [2.05, 4.69) is 10.2 Å². The number of nitrogens with one attached hydrogen (secondary N) is 1. The van der Waals surface area contributed by atoms with E-state index in [1.54, 1.807) is 18.2 Å². The summed E-state index contributed by atoms with van der Waals surface area (Å²) < 4.78 is 5.32. The zero-order valence-corrected chi connectivity index (χ0v) is 14.4. The predicted octanol–water partition coefficient (Wildman–Crippen LogP) is 3.47. The molecule has 0 aromatic heterocycles. The lowest BCUT2D eigenvalue weighted by Gasteiger charge is -2.44. The summed E-state index contributed by atoms with van der Waals surface area (Å²) >= 11 is 5.85. The molecule has 0 radical (unpaired) electrons. The van der Waals surface area contributed by atoms with Gasteiger partial charge in [-0.3, -0.25) is 15.0 Å². The number of fused-ring (bicyclic) bond motifs is 1. The number of rotatable bonds is 3. The Labute approximate surface area is 147 Å². The molecule has 2 atom stereocenters. The summed E-state index contributed by atoms with van der Waals surface area (Å²) in [6.07, 6.45) is 5.23. The molecular formula is C18H23ClN2O3. The van der Waals surface area contributed by atoms with Crippen LogP contribution in [0.3, 0.4) is 0 Å². The molecule has 1 N–H and O–H groups in total. The molecule has 24 heavy (non-hydrogen) atoms. The Morgan fingerprint density at radius 2 is 2.04 bits per heavy atom. The fourth-order valence-corrected chi connectivity index (χ4v) is 3.98. The van der Waals surface area contributed by atoms with E-state index in [0.29, 0.717) is 29.2 Å². The fraction of sp³-hybridized carbons (Fsp3) is 0.556. The first-order chi connectivity index (χ1) is 11.6. The molecule has 2 fully saturated rings. The molecule has 0 saturated carbocycles. The van der Waals surface area contributed by atoms with Crippen LogP contribution in [0.25, 0.3) is 0 Å². The van der Waals surface area contributed by atoms with E-state index in [1.165, 1.54) is 25.3 Å². The summed E-state index contributed by atoms with van der Waals surface area (Å²) in [5, 5.41) is 2.72. The number of ether oxygens (including phenoxy) is 1. The van der Waals surface area contributed by atoms with Gasteiger partial charge in [0.05, 0.1) is 6.61 Å². The van der Waals surface area contributed by atoms with Crippen LogP contribution in [0.5, 0.6) is 0 Å². The summed E-state index contributed by atoms with van der Waals surface area (Å²) in [5.41, 5.74) is 0.343. The van der Waals surface area contributed by atoms with Crippen molar-refractivity contribution in [2.75, 3.05) is 19.7 Å². The fourth-order valence-electron chi connectivity index (χ4n) is 3.78. The van der Waals surface area contributed by atoms with E-state index in [-0.39, 0.29) is 0 Å². The molecule has 3 rings (SSSR count). The monoisotopic (exact) mass is 350 g/mol. The lowest BCUT2D eigenvalue weighted by atomic mass is 9.84. The summed E-state index contributed by atoms with van der Waals surface area (Å²) in [6, 6.07) is 6.99. The molecule has 2 aliphatic rings. The Morgan fingerprint density at radius 3 is 2.88 bits per heavy atom. The van der Waals surface area contributed by atoms with E-state index in [0.717, 1.165) is 25.9 Å². The van der Waals surface area contributed by atoms with Crippen LogP contribution in [0.1, 0.15) is 42.5 Å². The van der Waals surface area contributed by atoms with Crippen molar-refractivity contribution in [3.05, 3.63) is 34.9 Å². The van der Waals surface area contributed by atoms with E-state index in [9.17, 15) is 9.59 Å². The maximum Gasteiger partial charge on any atom is 0.414 e. The van der Waals surface area contributed by atoms with Crippen LogP contribution in [0.2, 0.25) is 5.02 Å². The molecule has 2 aliphatic heterocycles. The standard InChI is InChI=1S/C18H23ClN2O3/c19-15-7-3-5-13(11-15)17(22)20-18(23)24-12-14-6-4-10-21-9-2-1-8-16(14)21/h3,5,7,11,14,16H,1-2,4,6,8-10,12H2,(H,20,22,23)/t14-,16?/m0/s1. The molecule has 0 spiro atoms. The highest BCUT2D eigenvalue weighted by Gasteiger charge is 2.33. The first-order valence-electron chi connectivity index (χ1n) is 8.61. The van der Waals surface area contributed by atoms with Crippen LogP contribution in [-0.4, -0.2) is 42.6 Å². The topological polar surface area (TPSA) is 58.6 Å². The number of halogens is 1. The van der Waals surface area contributed by atoms with Gasteiger partial charge in [0.1, 0.15) is 0 Å². The average Bonchev–Trinajstić information content (AvgIpc) is 2.60. The lowest BCUT2D eigenvalue weighted by molar-refractivity contribution is 0.0235. The largest absolute Gasteiger partial charge is 0.449 e. The number of hydrogen-bond acceptors (Lipinski definition) is 4. The van der Waals surface area contributed by atoms with Gasteiger partial charge in [-0.05, 0) is 57.0 Å². The van der Waals surface area contributed by atoms with Crippen molar-refractivity contribution in [1.82, 2.24) is 10.2 Å². The van der Waals surface area contributed by atoms with Gasteiger partial charge in [0.2, 0.25) is 0 Å². The molecule has 0 aliphatic carbocycles. The van der Waals surface area contributed by atoms with Gasteiger partial charge in [0.15, 0.2) is 0 Å². The highest BCUT2D eigenvalue weighted by Crippen LogP contribution is 2.30. The molecule has 1 aromatic rings. The number of hydrogen-bond donors (Lipinski definition) is 1. The lowest BCUT2D eigenvalue weighted by Crippen LogP contribution is -2.49. The van der Waals surface area contributed by atoms with Crippen LogP contribution < -0.4 is 5.32 Å². The Balaban J connectivity index is 1.49. The number of amides is 2. The van der Waals surface area contributed by atoms with Crippen LogP contribution in [0, 0.1) is 5.92 Å². The Morgan fingerprint density at radius 1 is 1.21 bits per heavy atom. The third kappa shape index (κ3) is 4.28. The van der Waals surface area contributed by atoms with Crippen molar-refractivity contribution >= 4 is 23.6 Å². The van der Waals surface area contributed by atoms with Gasteiger partial charge >= 0.3 is 6.09 Å². The zero-order chi connectivity index (χ0) is 16.9. The SMILES string of the molecule is O=C(NC(=O)c1cccc(Cl)c1)OC[C@@H]1CCCN2CCCCC12. The number of benzene rings is 1. The molecule has 2 amide bonds. The van der Waals surface area contributed by atoms with E-state index in [1.807, 2.05) is 0 Å². The molecule has 1 aromatic carbocycles. The highest BCUT2D eigenvalue weighted by atomic mass is 35.5. The van der Waals surface area contributed by atoms with Gasteiger partial charge in [0.25, 0.3) is 5.91 Å². The molecule has 2 saturated heterocycles. The average molecular weight is 351 g/mol. The minimum Gasteiger partial charge on any atom is -0.449 e. The number of carbonyl (C=O) groups is 2. The predicted molar refractivity (Wildman–Crippen MR) is 92.2 cm³/mol. The quantitative estimate of drug-likeness (QED) is 0.906. The van der Waals surface area contributed by atoms with Crippen molar-refractivity contribution in [2.45, 2.75) is 38.1 Å². The second kappa shape index (κ2) is 7.99. The number of piperidine rings is 2. The second-order valence-electron chi connectivity index (χ2n) is 6.56. The summed E-state index contributed by atoms with van der Waals surface area (Å²) in [4.78, 5) is 26.4. The Bertz CT molecular complexity index is 606. The molecule has 2 heterocycles. The third-order valence-electron chi connectivity index (χ3n) is 4.96. The Kier molecular flexibility index (Phi) is 5.74. The smallest absolute Gasteiger partial charge is 0.414 e. The van der Waals surface area contributed by atoms with E-state index >= 15 is 0 Å². The highest BCUT2D eigenvalue weighted by molar-refractivity contribution is 6.31. The van der Waals surface area contributed by atoms with Crippen molar-refractivity contribution in [2.24, 2.45) is 5.92 Å². The molecule has 6 heteroatoms. The van der Waals surface area contributed by atoms with E-state index in [4.69, 9.17) is 16.3 Å². The second-order valence-corrected chi connectivity index (χ2v) is 7.00. The van der Waals surface area contributed by atoms with Gasteiger partial charge in [-0.15, -0.1) is 0 Å². The summed E-state index contributed by atoms with van der Waals surface area (Å²) in [7, 11) is 0. The molecule has 5 nitrogen and oxygen atoms in total. The Hall–Kier alpha value is -1.59. The summed E-state index contributed by atoms with van der Waals surface area (Å²) in [5.74, 6) is -0.128. The maximum atomic E-state index is 12.0. The van der Waals surface area contributed by atoms with Crippen LogP contribution in [-0.2, 0) is 4.74 Å².